The van der Waals surface area contributed by atoms with Crippen molar-refractivity contribution in [2.45, 2.75) is 17.9 Å². The number of rotatable bonds is 7. The number of H-pyrrole nitrogens is 1. The van der Waals surface area contributed by atoms with Crippen LogP contribution in [0.2, 0.25) is 0 Å². The number of benzene rings is 1. The maximum absolute atomic E-state index is 12.2. The van der Waals surface area contributed by atoms with Gasteiger partial charge in [-0.15, -0.1) is 0 Å². The molecule has 0 amide bonds. The topological polar surface area (TPSA) is 86.9 Å². The molecule has 0 bridgehead atoms. The molecular weight excluding hydrogens is 276 g/mol. The van der Waals surface area contributed by atoms with Gasteiger partial charge < -0.3 is 10.3 Å². The number of hydrogen-bond acceptors (Lipinski definition) is 4. The number of sulfonamides is 1. The third kappa shape index (κ3) is 3.89. The number of nitrogens with one attached hydrogen (secondary N) is 3. The molecule has 7 heteroatoms. The number of nitrogens with zero attached hydrogens (tertiary/aromatic N) is 1. The van der Waals surface area contributed by atoms with Crippen LogP contribution in [0.25, 0.3) is 0 Å². The summed E-state index contributed by atoms with van der Waals surface area (Å²) in [7, 11) is -1.64. The van der Waals surface area contributed by atoms with Crippen LogP contribution in [0, 0.1) is 0 Å². The smallest absolute Gasteiger partial charge is 0.240 e. The molecule has 0 fully saturated rings. The van der Waals surface area contributed by atoms with E-state index in [0.717, 1.165) is 11.3 Å². The summed E-state index contributed by atoms with van der Waals surface area (Å²) >= 11 is 0. The third-order valence-corrected chi connectivity index (χ3v) is 4.29. The van der Waals surface area contributed by atoms with Crippen LogP contribution in [-0.2, 0) is 23.0 Å². The average Bonchev–Trinajstić information content (AvgIpc) is 2.92. The van der Waals surface area contributed by atoms with Crippen LogP contribution in [0.1, 0.15) is 11.3 Å². The molecule has 0 unspecified atom stereocenters. The number of hydrogen-bond donors (Lipinski definition) is 3. The van der Waals surface area contributed by atoms with Gasteiger partial charge in [-0.3, -0.25) is 0 Å². The zero-order valence-corrected chi connectivity index (χ0v) is 12.1. The minimum absolute atomic E-state index is 0.287. The second-order valence-electron chi connectivity index (χ2n) is 4.40. The van der Waals surface area contributed by atoms with E-state index in [-0.39, 0.29) is 4.90 Å². The van der Waals surface area contributed by atoms with Crippen molar-refractivity contribution in [2.75, 3.05) is 13.6 Å². The summed E-state index contributed by atoms with van der Waals surface area (Å²) in [5.41, 5.74) is 1.83. The second-order valence-corrected chi connectivity index (χ2v) is 6.17. The molecule has 20 heavy (non-hydrogen) atoms. The van der Waals surface area contributed by atoms with Gasteiger partial charge in [0.15, 0.2) is 0 Å². The van der Waals surface area contributed by atoms with Crippen LogP contribution in [0.4, 0.5) is 0 Å². The van der Waals surface area contributed by atoms with E-state index in [2.05, 4.69) is 20.0 Å². The Labute approximate surface area is 118 Å². The largest absolute Gasteiger partial charge is 0.348 e. The Morgan fingerprint density at radius 2 is 2.20 bits per heavy atom. The molecule has 0 atom stereocenters. The van der Waals surface area contributed by atoms with Crippen molar-refractivity contribution >= 4 is 10.0 Å². The Bertz CT molecular complexity index is 638. The molecule has 0 saturated carbocycles. The SMILES string of the molecule is CNCc1cccc(S(=O)(=O)NCCc2cnc[nH]2)c1. The Morgan fingerprint density at radius 3 is 2.90 bits per heavy atom. The lowest BCUT2D eigenvalue weighted by atomic mass is 10.2. The van der Waals surface area contributed by atoms with E-state index in [1.54, 1.807) is 30.7 Å². The summed E-state index contributed by atoms with van der Waals surface area (Å²) in [6.45, 7) is 0.971. The van der Waals surface area contributed by atoms with E-state index in [4.69, 9.17) is 0 Å². The summed E-state index contributed by atoms with van der Waals surface area (Å²) < 4.78 is 26.9. The van der Waals surface area contributed by atoms with Gasteiger partial charge in [0, 0.05) is 31.4 Å². The predicted molar refractivity (Wildman–Crippen MR) is 76.7 cm³/mol. The van der Waals surface area contributed by atoms with Crippen molar-refractivity contribution in [1.82, 2.24) is 20.0 Å². The molecule has 0 spiro atoms. The molecule has 3 N–H and O–H groups in total. The lowest BCUT2D eigenvalue weighted by Crippen LogP contribution is -2.26. The quantitative estimate of drug-likeness (QED) is 0.700. The normalized spacial score (nSPS) is 11.7. The minimum atomic E-state index is -3.47. The highest BCUT2D eigenvalue weighted by Gasteiger charge is 2.13. The number of aromatic nitrogens is 2. The van der Waals surface area contributed by atoms with E-state index >= 15 is 0 Å². The molecule has 1 aromatic carbocycles. The van der Waals surface area contributed by atoms with Gasteiger partial charge in [0.25, 0.3) is 0 Å². The molecule has 1 heterocycles. The van der Waals surface area contributed by atoms with E-state index in [1.165, 1.54) is 0 Å². The maximum Gasteiger partial charge on any atom is 0.240 e. The Kier molecular flexibility index (Phi) is 4.89. The van der Waals surface area contributed by atoms with Gasteiger partial charge in [-0.1, -0.05) is 12.1 Å². The summed E-state index contributed by atoms with van der Waals surface area (Å²) in [5, 5.41) is 3.00. The first kappa shape index (κ1) is 14.7. The highest BCUT2D eigenvalue weighted by molar-refractivity contribution is 7.89. The van der Waals surface area contributed by atoms with Crippen LogP contribution in [0.3, 0.4) is 0 Å². The summed E-state index contributed by atoms with van der Waals surface area (Å²) in [6.07, 6.45) is 3.84. The number of aromatic amines is 1. The van der Waals surface area contributed by atoms with Crippen LogP contribution >= 0.6 is 0 Å². The zero-order chi connectivity index (χ0) is 14.4. The van der Waals surface area contributed by atoms with Gasteiger partial charge in [-0.05, 0) is 24.7 Å². The van der Waals surface area contributed by atoms with Gasteiger partial charge in [-0.2, -0.15) is 0 Å². The first-order chi connectivity index (χ1) is 9.62. The van der Waals surface area contributed by atoms with Crippen molar-refractivity contribution in [2.24, 2.45) is 0 Å². The number of imidazole rings is 1. The lowest BCUT2D eigenvalue weighted by molar-refractivity contribution is 0.581. The van der Waals surface area contributed by atoms with Gasteiger partial charge in [0.2, 0.25) is 10.0 Å². The standard InChI is InChI=1S/C13H18N4O2S/c1-14-8-11-3-2-4-13(7-11)20(18,19)17-6-5-12-9-15-10-16-12/h2-4,7,9-10,14,17H,5-6,8H2,1H3,(H,15,16). The van der Waals surface area contributed by atoms with Crippen molar-refractivity contribution in [1.29, 1.82) is 0 Å². The third-order valence-electron chi connectivity index (χ3n) is 2.83. The Morgan fingerprint density at radius 1 is 1.35 bits per heavy atom. The average molecular weight is 294 g/mol. The summed E-state index contributed by atoms with van der Waals surface area (Å²) in [6, 6.07) is 6.91. The molecule has 108 valence electrons. The minimum Gasteiger partial charge on any atom is -0.348 e. The summed E-state index contributed by atoms with van der Waals surface area (Å²) in [4.78, 5) is 7.11. The first-order valence-corrected chi connectivity index (χ1v) is 7.80. The van der Waals surface area contributed by atoms with Crippen LogP contribution in [-0.4, -0.2) is 32.0 Å². The fourth-order valence-corrected chi connectivity index (χ4v) is 2.95. The van der Waals surface area contributed by atoms with Gasteiger partial charge >= 0.3 is 0 Å². The molecule has 0 aliphatic heterocycles. The van der Waals surface area contributed by atoms with Crippen LogP contribution in [0.5, 0.6) is 0 Å². The fourth-order valence-electron chi connectivity index (χ4n) is 1.85. The van der Waals surface area contributed by atoms with E-state index in [0.29, 0.717) is 19.5 Å². The van der Waals surface area contributed by atoms with Gasteiger partial charge in [0.05, 0.1) is 11.2 Å². The molecule has 2 aromatic rings. The summed E-state index contributed by atoms with van der Waals surface area (Å²) in [5.74, 6) is 0. The highest BCUT2D eigenvalue weighted by Crippen LogP contribution is 2.11. The van der Waals surface area contributed by atoms with Gasteiger partial charge in [-0.25, -0.2) is 18.1 Å². The van der Waals surface area contributed by atoms with Crippen molar-refractivity contribution in [3.05, 3.63) is 48.0 Å². The Balaban J connectivity index is 2.00. The lowest BCUT2D eigenvalue weighted by Gasteiger charge is -2.08. The molecule has 0 saturated heterocycles. The van der Waals surface area contributed by atoms with E-state index < -0.39 is 10.0 Å². The van der Waals surface area contributed by atoms with Crippen molar-refractivity contribution < 1.29 is 8.42 Å². The van der Waals surface area contributed by atoms with Crippen molar-refractivity contribution in [3.8, 4) is 0 Å². The molecular formula is C13H18N4O2S. The first-order valence-electron chi connectivity index (χ1n) is 6.32. The molecule has 2 rings (SSSR count). The van der Waals surface area contributed by atoms with E-state index in [9.17, 15) is 8.42 Å². The predicted octanol–water partition coefficient (Wildman–Crippen LogP) is 0.650. The zero-order valence-electron chi connectivity index (χ0n) is 11.3. The van der Waals surface area contributed by atoms with Gasteiger partial charge in [0.1, 0.15) is 0 Å². The highest BCUT2D eigenvalue weighted by atomic mass is 32.2. The van der Waals surface area contributed by atoms with Crippen LogP contribution < -0.4 is 10.0 Å². The maximum atomic E-state index is 12.2. The molecule has 0 aliphatic carbocycles. The monoisotopic (exact) mass is 294 g/mol. The van der Waals surface area contributed by atoms with E-state index in [1.807, 2.05) is 13.1 Å². The fraction of sp³-hybridized carbons (Fsp3) is 0.308. The van der Waals surface area contributed by atoms with Crippen molar-refractivity contribution in [3.63, 3.8) is 0 Å². The van der Waals surface area contributed by atoms with Crippen LogP contribution in [0.15, 0.2) is 41.7 Å². The molecule has 0 aliphatic rings. The molecule has 0 radical (unpaired) electrons. The Hall–Kier alpha value is -1.70. The second kappa shape index (κ2) is 6.65. The molecule has 1 aromatic heterocycles. The molecule has 6 nitrogen and oxygen atoms in total.